The van der Waals surface area contributed by atoms with Crippen LogP contribution >= 0.6 is 11.6 Å². The molecule has 3 nitrogen and oxygen atoms in total. The zero-order valence-corrected chi connectivity index (χ0v) is 10.5. The van der Waals surface area contributed by atoms with Gasteiger partial charge < -0.3 is 10.1 Å². The fraction of sp³-hybridized carbons (Fsp3) is 0.417. The minimum Gasteiger partial charge on any atom is -0.378 e. The third-order valence-corrected chi connectivity index (χ3v) is 2.34. The summed E-state index contributed by atoms with van der Waals surface area (Å²) >= 11 is 5.39. The van der Waals surface area contributed by atoms with Crippen molar-refractivity contribution in [3.63, 3.8) is 0 Å². The largest absolute Gasteiger partial charge is 0.378 e. The molecule has 0 bridgehead atoms. The monoisotopic (exact) mass is 277 g/mol. The van der Waals surface area contributed by atoms with E-state index >= 15 is 0 Å². The van der Waals surface area contributed by atoms with Crippen LogP contribution in [-0.4, -0.2) is 31.5 Å². The predicted molar refractivity (Wildman–Crippen MR) is 64.6 cm³/mol. The van der Waals surface area contributed by atoms with Crippen LogP contribution in [0.3, 0.4) is 0 Å². The molecule has 0 atom stereocenters. The number of nitrogens with one attached hydrogen (secondary N) is 1. The van der Waals surface area contributed by atoms with Crippen LogP contribution < -0.4 is 5.32 Å². The molecular formula is C12H14ClF2NO2. The molecule has 1 N–H and O–H groups in total. The molecule has 1 rings (SSSR count). The minimum absolute atomic E-state index is 0.225. The SMILES string of the molecule is O=C(Cc1c(F)cccc1F)NCCOCCCl. The number of alkyl halides is 1. The van der Waals surface area contributed by atoms with Gasteiger partial charge in [0.1, 0.15) is 11.6 Å². The van der Waals surface area contributed by atoms with E-state index in [1.807, 2.05) is 0 Å². The van der Waals surface area contributed by atoms with Crippen LogP contribution in [0.4, 0.5) is 8.78 Å². The molecule has 100 valence electrons. The summed E-state index contributed by atoms with van der Waals surface area (Å²) in [5.74, 6) is -1.51. The van der Waals surface area contributed by atoms with Gasteiger partial charge in [-0.1, -0.05) is 6.07 Å². The Balaban J connectivity index is 2.36. The zero-order chi connectivity index (χ0) is 13.4. The number of hydrogen-bond acceptors (Lipinski definition) is 2. The van der Waals surface area contributed by atoms with Gasteiger partial charge in [-0.05, 0) is 12.1 Å². The van der Waals surface area contributed by atoms with Crippen LogP contribution in [0.1, 0.15) is 5.56 Å². The first kappa shape index (κ1) is 14.9. The van der Waals surface area contributed by atoms with E-state index in [0.717, 1.165) is 12.1 Å². The van der Waals surface area contributed by atoms with E-state index in [-0.39, 0.29) is 18.5 Å². The van der Waals surface area contributed by atoms with E-state index in [1.54, 1.807) is 0 Å². The second-order valence-electron chi connectivity index (χ2n) is 3.53. The number of carbonyl (C=O) groups is 1. The molecule has 0 saturated heterocycles. The average molecular weight is 278 g/mol. The molecule has 0 aliphatic rings. The summed E-state index contributed by atoms with van der Waals surface area (Å²) in [5, 5.41) is 2.50. The molecule has 0 radical (unpaired) electrons. The van der Waals surface area contributed by atoms with Gasteiger partial charge >= 0.3 is 0 Å². The summed E-state index contributed by atoms with van der Waals surface area (Å²) in [5.41, 5.74) is -0.225. The number of benzene rings is 1. The molecule has 6 heteroatoms. The van der Waals surface area contributed by atoms with E-state index in [9.17, 15) is 13.6 Å². The van der Waals surface area contributed by atoms with Crippen LogP contribution in [-0.2, 0) is 16.0 Å². The van der Waals surface area contributed by atoms with Crippen molar-refractivity contribution in [3.8, 4) is 0 Å². The van der Waals surface area contributed by atoms with Crippen molar-refractivity contribution in [1.82, 2.24) is 5.32 Å². The Bertz CT molecular complexity index is 381. The van der Waals surface area contributed by atoms with Crippen LogP contribution in [0.15, 0.2) is 18.2 Å². The molecule has 1 aromatic rings. The molecular weight excluding hydrogens is 264 g/mol. The number of carbonyl (C=O) groups excluding carboxylic acids is 1. The smallest absolute Gasteiger partial charge is 0.224 e. The molecule has 1 aromatic carbocycles. The molecule has 0 aliphatic heterocycles. The highest BCUT2D eigenvalue weighted by atomic mass is 35.5. The summed E-state index contributed by atoms with van der Waals surface area (Å²) in [6, 6.07) is 3.50. The van der Waals surface area contributed by atoms with Gasteiger partial charge in [-0.15, -0.1) is 11.6 Å². The molecule has 0 heterocycles. The molecule has 0 saturated carbocycles. The maximum atomic E-state index is 13.2. The number of hydrogen-bond donors (Lipinski definition) is 1. The van der Waals surface area contributed by atoms with E-state index in [1.165, 1.54) is 6.07 Å². The van der Waals surface area contributed by atoms with Gasteiger partial charge in [0.05, 0.1) is 19.6 Å². The molecule has 18 heavy (non-hydrogen) atoms. The van der Waals surface area contributed by atoms with Crippen LogP contribution in [0.25, 0.3) is 0 Å². The number of halogens is 3. The maximum absolute atomic E-state index is 13.2. The highest BCUT2D eigenvalue weighted by Crippen LogP contribution is 2.12. The Morgan fingerprint density at radius 3 is 2.56 bits per heavy atom. The minimum atomic E-state index is -0.719. The van der Waals surface area contributed by atoms with Gasteiger partial charge in [-0.3, -0.25) is 4.79 Å². The van der Waals surface area contributed by atoms with Gasteiger partial charge in [-0.25, -0.2) is 8.78 Å². The lowest BCUT2D eigenvalue weighted by atomic mass is 10.1. The van der Waals surface area contributed by atoms with Gasteiger partial charge in [0.15, 0.2) is 0 Å². The van der Waals surface area contributed by atoms with Crippen molar-refractivity contribution < 1.29 is 18.3 Å². The first-order valence-corrected chi connectivity index (χ1v) is 6.02. The summed E-state index contributed by atoms with van der Waals surface area (Å²) in [6.45, 7) is 1.00. The van der Waals surface area contributed by atoms with Crippen LogP contribution in [0, 0.1) is 11.6 Å². The predicted octanol–water partition coefficient (Wildman–Crippen LogP) is 1.88. The van der Waals surface area contributed by atoms with Crippen molar-refractivity contribution in [2.45, 2.75) is 6.42 Å². The quantitative estimate of drug-likeness (QED) is 0.610. The lowest BCUT2D eigenvalue weighted by molar-refractivity contribution is -0.120. The van der Waals surface area contributed by atoms with Crippen molar-refractivity contribution in [2.24, 2.45) is 0 Å². The molecule has 0 aliphatic carbocycles. The summed E-state index contributed by atoms with van der Waals surface area (Å²) < 4.78 is 31.5. The van der Waals surface area contributed by atoms with Crippen molar-refractivity contribution in [1.29, 1.82) is 0 Å². The highest BCUT2D eigenvalue weighted by molar-refractivity contribution is 6.17. The maximum Gasteiger partial charge on any atom is 0.224 e. The second-order valence-corrected chi connectivity index (χ2v) is 3.91. The number of rotatable bonds is 7. The third-order valence-electron chi connectivity index (χ3n) is 2.19. The molecule has 0 unspecified atom stereocenters. The second kappa shape index (κ2) is 8.00. The molecule has 0 fully saturated rings. The first-order valence-electron chi connectivity index (χ1n) is 5.48. The van der Waals surface area contributed by atoms with Crippen LogP contribution in [0.5, 0.6) is 0 Å². The van der Waals surface area contributed by atoms with Gasteiger partial charge in [0.2, 0.25) is 5.91 Å². The van der Waals surface area contributed by atoms with E-state index in [2.05, 4.69) is 5.32 Å². The summed E-state index contributed by atoms with van der Waals surface area (Å²) in [7, 11) is 0. The van der Waals surface area contributed by atoms with Gasteiger partial charge in [-0.2, -0.15) is 0 Å². The number of ether oxygens (including phenoxy) is 1. The fourth-order valence-corrected chi connectivity index (χ4v) is 1.45. The first-order chi connectivity index (χ1) is 8.65. The topological polar surface area (TPSA) is 38.3 Å². The Hall–Kier alpha value is -1.20. The van der Waals surface area contributed by atoms with E-state index in [0.29, 0.717) is 19.1 Å². The van der Waals surface area contributed by atoms with Crippen molar-refractivity contribution >= 4 is 17.5 Å². The highest BCUT2D eigenvalue weighted by Gasteiger charge is 2.12. The molecule has 0 aromatic heterocycles. The standard InChI is InChI=1S/C12H14ClF2NO2/c13-4-6-18-7-5-16-12(17)8-9-10(14)2-1-3-11(9)15/h1-3H,4-8H2,(H,16,17). The third kappa shape index (κ3) is 4.98. The average Bonchev–Trinajstić information content (AvgIpc) is 2.34. The van der Waals surface area contributed by atoms with Crippen molar-refractivity contribution in [2.75, 3.05) is 25.6 Å². The summed E-state index contributed by atoms with van der Waals surface area (Å²) in [6.07, 6.45) is -0.325. The van der Waals surface area contributed by atoms with Gasteiger partial charge in [0.25, 0.3) is 0 Å². The Labute approximate surface area is 109 Å². The van der Waals surface area contributed by atoms with Crippen LogP contribution in [0.2, 0.25) is 0 Å². The van der Waals surface area contributed by atoms with Crippen molar-refractivity contribution in [3.05, 3.63) is 35.4 Å². The Kier molecular flexibility index (Phi) is 6.60. The zero-order valence-electron chi connectivity index (χ0n) is 9.72. The Morgan fingerprint density at radius 1 is 1.28 bits per heavy atom. The lowest BCUT2D eigenvalue weighted by Gasteiger charge is -2.07. The lowest BCUT2D eigenvalue weighted by Crippen LogP contribution is -2.29. The van der Waals surface area contributed by atoms with E-state index in [4.69, 9.17) is 16.3 Å². The van der Waals surface area contributed by atoms with E-state index < -0.39 is 17.5 Å². The molecule has 0 spiro atoms. The normalized spacial score (nSPS) is 10.4. The summed E-state index contributed by atoms with van der Waals surface area (Å²) in [4.78, 5) is 11.4. The van der Waals surface area contributed by atoms with Gasteiger partial charge in [0, 0.05) is 18.0 Å². The number of amides is 1. The Morgan fingerprint density at radius 2 is 1.94 bits per heavy atom. The fourth-order valence-electron chi connectivity index (χ4n) is 1.34. The molecule has 1 amide bonds.